The number of aliphatic hydroxyl groups is 1. The third kappa shape index (κ3) is 1.74. The Balaban J connectivity index is 2.84. The largest absolute Gasteiger partial charge is 0.384 e. The van der Waals surface area contributed by atoms with Gasteiger partial charge in [-0.1, -0.05) is 23.4 Å². The Morgan fingerprint density at radius 2 is 2.50 bits per heavy atom. The summed E-state index contributed by atoms with van der Waals surface area (Å²) in [4.78, 5) is 0.815. The molecule has 0 saturated heterocycles. The molecule has 0 atom stereocenters. The van der Waals surface area contributed by atoms with Crippen LogP contribution >= 0.6 is 22.9 Å². The quantitative estimate of drug-likeness (QED) is 0.592. The van der Waals surface area contributed by atoms with Crippen LogP contribution in [-0.2, 0) is 0 Å². The van der Waals surface area contributed by atoms with Gasteiger partial charge in [-0.25, -0.2) is 0 Å². The molecule has 0 spiro atoms. The highest BCUT2D eigenvalue weighted by Crippen LogP contribution is 2.20. The van der Waals surface area contributed by atoms with Gasteiger partial charge in [0.2, 0.25) is 0 Å². The van der Waals surface area contributed by atoms with E-state index >= 15 is 0 Å². The number of hydrogen-bond donors (Lipinski definition) is 1. The monoisotopic (exact) mass is 172 g/mol. The average Bonchev–Trinajstić information content (AvgIpc) is 2.31. The zero-order chi connectivity index (χ0) is 7.40. The molecule has 0 aliphatic heterocycles. The summed E-state index contributed by atoms with van der Waals surface area (Å²) in [6.45, 7) is -0.117. The molecule has 0 unspecified atom stereocenters. The maximum atomic E-state index is 8.34. The van der Waals surface area contributed by atoms with Crippen LogP contribution in [0.1, 0.15) is 4.88 Å². The first-order chi connectivity index (χ1) is 4.84. The molecule has 0 radical (unpaired) electrons. The van der Waals surface area contributed by atoms with Gasteiger partial charge in [0.15, 0.2) is 0 Å². The highest BCUT2D eigenvalue weighted by molar-refractivity contribution is 7.11. The van der Waals surface area contributed by atoms with Gasteiger partial charge in [-0.3, -0.25) is 0 Å². The standard InChI is InChI=1S/C7H5ClOS/c8-6-3-5-10-7(6)2-1-4-9/h3,5,9H,4H2. The van der Waals surface area contributed by atoms with Crippen LogP contribution in [0.2, 0.25) is 5.02 Å². The summed E-state index contributed by atoms with van der Waals surface area (Å²) in [5.74, 6) is 5.25. The summed E-state index contributed by atoms with van der Waals surface area (Å²) in [5, 5.41) is 10.9. The molecule has 1 rings (SSSR count). The lowest BCUT2D eigenvalue weighted by Crippen LogP contribution is -1.71. The van der Waals surface area contributed by atoms with E-state index in [1.807, 2.05) is 5.38 Å². The Morgan fingerprint density at radius 1 is 1.70 bits per heavy atom. The molecule has 0 saturated carbocycles. The molecular weight excluding hydrogens is 168 g/mol. The molecule has 1 N–H and O–H groups in total. The van der Waals surface area contributed by atoms with Gasteiger partial charge < -0.3 is 5.11 Å². The Morgan fingerprint density at radius 3 is 3.00 bits per heavy atom. The Bertz CT molecular complexity index is 269. The van der Waals surface area contributed by atoms with Gasteiger partial charge in [0.1, 0.15) is 6.61 Å². The lowest BCUT2D eigenvalue weighted by molar-refractivity contribution is 0.350. The Hall–Kier alpha value is -0.490. The van der Waals surface area contributed by atoms with Crippen molar-refractivity contribution in [3.05, 3.63) is 21.3 Å². The molecule has 0 fully saturated rings. The lowest BCUT2D eigenvalue weighted by atomic mass is 10.4. The fourth-order valence-electron chi connectivity index (χ4n) is 0.503. The second-order valence-corrected chi connectivity index (χ2v) is 2.88. The van der Waals surface area contributed by atoms with Crippen molar-refractivity contribution in [1.82, 2.24) is 0 Å². The molecule has 0 amide bonds. The van der Waals surface area contributed by atoms with Crippen LogP contribution in [-0.4, -0.2) is 11.7 Å². The van der Waals surface area contributed by atoms with Crippen LogP contribution in [0.5, 0.6) is 0 Å². The van der Waals surface area contributed by atoms with Crippen LogP contribution < -0.4 is 0 Å². The van der Waals surface area contributed by atoms with Gasteiger partial charge in [-0.15, -0.1) is 11.3 Å². The smallest absolute Gasteiger partial charge is 0.104 e. The SMILES string of the molecule is OCC#Cc1sccc1Cl. The number of halogens is 1. The minimum Gasteiger partial charge on any atom is -0.384 e. The summed E-state index contributed by atoms with van der Waals surface area (Å²) >= 11 is 7.17. The third-order valence-electron chi connectivity index (χ3n) is 0.898. The van der Waals surface area contributed by atoms with E-state index in [-0.39, 0.29) is 6.61 Å². The van der Waals surface area contributed by atoms with Crippen molar-refractivity contribution in [2.45, 2.75) is 0 Å². The first kappa shape index (κ1) is 7.62. The van der Waals surface area contributed by atoms with E-state index in [0.29, 0.717) is 5.02 Å². The molecule has 3 heteroatoms. The fourth-order valence-corrected chi connectivity index (χ4v) is 1.47. The number of hydrogen-bond acceptors (Lipinski definition) is 2. The van der Waals surface area contributed by atoms with Crippen molar-refractivity contribution in [3.8, 4) is 11.8 Å². The van der Waals surface area contributed by atoms with E-state index in [0.717, 1.165) is 4.88 Å². The minimum atomic E-state index is -0.117. The first-order valence-electron chi connectivity index (χ1n) is 2.67. The predicted molar refractivity (Wildman–Crippen MR) is 43.3 cm³/mol. The molecular formula is C7H5ClOS. The average molecular weight is 173 g/mol. The summed E-state index contributed by atoms with van der Waals surface area (Å²) in [5.41, 5.74) is 0. The Kier molecular flexibility index (Phi) is 2.76. The van der Waals surface area contributed by atoms with Crippen molar-refractivity contribution in [1.29, 1.82) is 0 Å². The van der Waals surface area contributed by atoms with Gasteiger partial charge in [0, 0.05) is 0 Å². The second-order valence-electron chi connectivity index (χ2n) is 1.56. The highest BCUT2D eigenvalue weighted by atomic mass is 35.5. The van der Waals surface area contributed by atoms with Crippen molar-refractivity contribution < 1.29 is 5.11 Å². The predicted octanol–water partition coefficient (Wildman–Crippen LogP) is 1.75. The van der Waals surface area contributed by atoms with Crippen LogP contribution in [0.4, 0.5) is 0 Å². The molecule has 0 aliphatic rings. The zero-order valence-corrected chi connectivity index (χ0v) is 6.67. The van der Waals surface area contributed by atoms with Crippen LogP contribution in [0.15, 0.2) is 11.4 Å². The maximum absolute atomic E-state index is 8.34. The van der Waals surface area contributed by atoms with E-state index < -0.39 is 0 Å². The molecule has 1 nitrogen and oxygen atoms in total. The zero-order valence-electron chi connectivity index (χ0n) is 5.10. The molecule has 1 heterocycles. The van der Waals surface area contributed by atoms with Gasteiger partial charge in [-0.05, 0) is 11.4 Å². The summed E-state index contributed by atoms with van der Waals surface area (Å²) < 4.78 is 0. The van der Waals surface area contributed by atoms with Gasteiger partial charge >= 0.3 is 0 Å². The van der Waals surface area contributed by atoms with Crippen LogP contribution in [0.25, 0.3) is 0 Å². The second kappa shape index (κ2) is 3.62. The van der Waals surface area contributed by atoms with Crippen molar-refractivity contribution >= 4 is 22.9 Å². The molecule has 0 aromatic carbocycles. The van der Waals surface area contributed by atoms with E-state index in [2.05, 4.69) is 11.8 Å². The maximum Gasteiger partial charge on any atom is 0.104 e. The summed E-state index contributed by atoms with van der Waals surface area (Å²) in [7, 11) is 0. The molecule has 52 valence electrons. The highest BCUT2D eigenvalue weighted by Gasteiger charge is 1.94. The third-order valence-corrected chi connectivity index (χ3v) is 2.16. The van der Waals surface area contributed by atoms with E-state index in [1.165, 1.54) is 11.3 Å². The lowest BCUT2D eigenvalue weighted by Gasteiger charge is -1.79. The summed E-state index contributed by atoms with van der Waals surface area (Å²) in [6.07, 6.45) is 0. The van der Waals surface area contributed by atoms with Crippen molar-refractivity contribution in [3.63, 3.8) is 0 Å². The van der Waals surface area contributed by atoms with Gasteiger partial charge in [-0.2, -0.15) is 0 Å². The first-order valence-corrected chi connectivity index (χ1v) is 3.93. The van der Waals surface area contributed by atoms with E-state index in [4.69, 9.17) is 16.7 Å². The van der Waals surface area contributed by atoms with Crippen molar-refractivity contribution in [2.75, 3.05) is 6.61 Å². The minimum absolute atomic E-state index is 0.117. The number of aliphatic hydroxyl groups excluding tert-OH is 1. The summed E-state index contributed by atoms with van der Waals surface area (Å²) in [6, 6.07) is 1.79. The Labute approximate surface area is 68.3 Å². The van der Waals surface area contributed by atoms with Gasteiger partial charge in [0.25, 0.3) is 0 Å². The molecule has 0 aliphatic carbocycles. The molecule has 10 heavy (non-hydrogen) atoms. The topological polar surface area (TPSA) is 20.2 Å². The van der Waals surface area contributed by atoms with Crippen LogP contribution in [0, 0.1) is 11.8 Å². The number of thiophene rings is 1. The molecule has 1 aromatic rings. The van der Waals surface area contributed by atoms with Crippen LogP contribution in [0.3, 0.4) is 0 Å². The fraction of sp³-hybridized carbons (Fsp3) is 0.143. The van der Waals surface area contributed by atoms with Crippen molar-refractivity contribution in [2.24, 2.45) is 0 Å². The van der Waals surface area contributed by atoms with E-state index in [9.17, 15) is 0 Å². The van der Waals surface area contributed by atoms with Gasteiger partial charge in [0.05, 0.1) is 9.90 Å². The molecule has 0 bridgehead atoms. The van der Waals surface area contributed by atoms with E-state index in [1.54, 1.807) is 6.07 Å². The molecule has 1 aromatic heterocycles. The number of rotatable bonds is 0. The normalized spacial score (nSPS) is 8.60.